The van der Waals surface area contributed by atoms with Gasteiger partial charge >= 0.3 is 0 Å². The number of benzene rings is 1. The Morgan fingerprint density at radius 1 is 1.24 bits per heavy atom. The van der Waals surface area contributed by atoms with E-state index >= 15 is 0 Å². The number of hydrogen-bond donors (Lipinski definition) is 1. The summed E-state index contributed by atoms with van der Waals surface area (Å²) >= 11 is 1.60. The molecule has 5 nitrogen and oxygen atoms in total. The standard InChI is InChI=1S/C19H20N4OS/c1-12-21-18-16(17(25-12)14-9-7-13(11-20)8-10-14)19(24)22-23(18)15-5-3-2-4-6-15/h7-10,15,17H,2-6H2,1H3,(H,22,24). The monoisotopic (exact) mass is 352 g/mol. The van der Waals surface area contributed by atoms with Gasteiger partial charge in [-0.2, -0.15) is 5.26 Å². The van der Waals surface area contributed by atoms with E-state index in [1.54, 1.807) is 11.8 Å². The summed E-state index contributed by atoms with van der Waals surface area (Å²) in [6.07, 6.45) is 5.88. The normalized spacial score (nSPS) is 20.6. The van der Waals surface area contributed by atoms with Gasteiger partial charge in [-0.25, -0.2) is 4.99 Å². The molecule has 1 aromatic carbocycles. The van der Waals surface area contributed by atoms with Crippen molar-refractivity contribution in [2.24, 2.45) is 4.99 Å². The average molecular weight is 352 g/mol. The molecule has 4 rings (SSSR count). The number of fused-ring (bicyclic) bond motifs is 1. The van der Waals surface area contributed by atoms with Gasteiger partial charge in [0, 0.05) is 0 Å². The van der Waals surface area contributed by atoms with Gasteiger partial charge in [-0.15, -0.1) is 0 Å². The molecule has 2 aliphatic rings. The minimum Gasteiger partial charge on any atom is -0.268 e. The molecule has 1 aromatic heterocycles. The Bertz CT molecular complexity index is 910. The van der Waals surface area contributed by atoms with Crippen molar-refractivity contribution in [2.45, 2.75) is 50.3 Å². The highest BCUT2D eigenvalue weighted by Crippen LogP contribution is 2.45. The molecule has 1 N–H and O–H groups in total. The second-order valence-corrected chi connectivity index (χ2v) is 8.00. The summed E-state index contributed by atoms with van der Waals surface area (Å²) in [5.74, 6) is 0.794. The predicted molar refractivity (Wildman–Crippen MR) is 101 cm³/mol. The summed E-state index contributed by atoms with van der Waals surface area (Å²) < 4.78 is 2.01. The lowest BCUT2D eigenvalue weighted by molar-refractivity contribution is 0.331. The van der Waals surface area contributed by atoms with Crippen LogP contribution in [-0.4, -0.2) is 14.8 Å². The lowest BCUT2D eigenvalue weighted by Gasteiger charge is -2.26. The van der Waals surface area contributed by atoms with Gasteiger partial charge in [0.1, 0.15) is 0 Å². The molecular formula is C19H20N4OS. The Balaban J connectivity index is 1.79. The molecule has 0 radical (unpaired) electrons. The SMILES string of the molecule is CC1=Nc2c(c(=O)[nH]n2C2CCCCC2)C(c2ccc(C#N)cc2)S1. The molecular weight excluding hydrogens is 332 g/mol. The Morgan fingerprint density at radius 3 is 2.64 bits per heavy atom. The van der Waals surface area contributed by atoms with Crippen molar-refractivity contribution in [3.05, 3.63) is 51.3 Å². The van der Waals surface area contributed by atoms with Crippen LogP contribution in [0.2, 0.25) is 0 Å². The van der Waals surface area contributed by atoms with E-state index in [-0.39, 0.29) is 10.8 Å². The van der Waals surface area contributed by atoms with Crippen LogP contribution in [0.15, 0.2) is 34.1 Å². The molecule has 0 saturated heterocycles. The van der Waals surface area contributed by atoms with Crippen molar-refractivity contribution >= 4 is 22.6 Å². The van der Waals surface area contributed by atoms with Crippen molar-refractivity contribution in [3.63, 3.8) is 0 Å². The number of hydrogen-bond acceptors (Lipinski definition) is 4. The summed E-state index contributed by atoms with van der Waals surface area (Å²) in [7, 11) is 0. The zero-order valence-electron chi connectivity index (χ0n) is 14.2. The predicted octanol–water partition coefficient (Wildman–Crippen LogP) is 4.44. The summed E-state index contributed by atoms with van der Waals surface area (Å²) in [6, 6.07) is 9.98. The zero-order valence-corrected chi connectivity index (χ0v) is 15.0. The maximum atomic E-state index is 12.7. The van der Waals surface area contributed by atoms with Crippen LogP contribution >= 0.6 is 11.8 Å². The second-order valence-electron chi connectivity index (χ2n) is 6.70. The van der Waals surface area contributed by atoms with Gasteiger partial charge in [0.2, 0.25) is 0 Å². The number of rotatable bonds is 2. The van der Waals surface area contributed by atoms with E-state index in [0.29, 0.717) is 11.6 Å². The van der Waals surface area contributed by atoms with Crippen molar-refractivity contribution in [3.8, 4) is 6.07 Å². The lowest BCUT2D eigenvalue weighted by Crippen LogP contribution is -2.16. The number of nitriles is 1. The fourth-order valence-electron chi connectivity index (χ4n) is 3.78. The molecule has 0 spiro atoms. The first-order valence-electron chi connectivity index (χ1n) is 8.74. The van der Waals surface area contributed by atoms with Crippen molar-refractivity contribution in [1.29, 1.82) is 5.26 Å². The van der Waals surface area contributed by atoms with Crippen molar-refractivity contribution in [1.82, 2.24) is 9.78 Å². The maximum Gasteiger partial charge on any atom is 0.271 e. The number of thioether (sulfide) groups is 1. The first-order chi connectivity index (χ1) is 12.2. The number of H-pyrrole nitrogens is 1. The minimum atomic E-state index is -0.0752. The van der Waals surface area contributed by atoms with Crippen LogP contribution in [0.1, 0.15) is 67.0 Å². The first kappa shape index (κ1) is 16.2. The molecule has 128 valence electrons. The van der Waals surface area contributed by atoms with E-state index in [2.05, 4.69) is 11.2 Å². The van der Waals surface area contributed by atoms with Gasteiger partial charge in [-0.05, 0) is 37.5 Å². The summed E-state index contributed by atoms with van der Waals surface area (Å²) in [5, 5.41) is 12.9. The summed E-state index contributed by atoms with van der Waals surface area (Å²) in [6.45, 7) is 1.99. The van der Waals surface area contributed by atoms with Crippen LogP contribution in [0.3, 0.4) is 0 Å². The average Bonchev–Trinajstić information content (AvgIpc) is 2.98. The number of nitrogens with zero attached hydrogens (tertiary/aromatic N) is 3. The van der Waals surface area contributed by atoms with E-state index in [1.165, 1.54) is 19.3 Å². The van der Waals surface area contributed by atoms with Crippen LogP contribution in [0, 0.1) is 11.3 Å². The Morgan fingerprint density at radius 2 is 1.96 bits per heavy atom. The number of aromatic nitrogens is 2. The third kappa shape index (κ3) is 2.93. The largest absolute Gasteiger partial charge is 0.271 e. The lowest BCUT2D eigenvalue weighted by atomic mass is 9.95. The van der Waals surface area contributed by atoms with Crippen molar-refractivity contribution in [2.75, 3.05) is 0 Å². The summed E-state index contributed by atoms with van der Waals surface area (Å²) in [5.41, 5.74) is 2.36. The Hall–Kier alpha value is -2.26. The van der Waals surface area contributed by atoms with Crippen LogP contribution in [-0.2, 0) is 0 Å². The minimum absolute atomic E-state index is 0.0429. The fraction of sp³-hybridized carbons (Fsp3) is 0.421. The molecule has 0 bridgehead atoms. The highest BCUT2D eigenvalue weighted by atomic mass is 32.2. The second kappa shape index (κ2) is 6.57. The third-order valence-electron chi connectivity index (χ3n) is 5.03. The molecule has 6 heteroatoms. The fourth-order valence-corrected chi connectivity index (χ4v) is 4.88. The van der Waals surface area contributed by atoms with Gasteiger partial charge in [0.15, 0.2) is 5.82 Å². The van der Waals surface area contributed by atoms with Crippen LogP contribution in [0.5, 0.6) is 0 Å². The van der Waals surface area contributed by atoms with E-state index in [4.69, 9.17) is 10.3 Å². The molecule has 0 amide bonds. The van der Waals surface area contributed by atoms with Crippen LogP contribution < -0.4 is 5.56 Å². The number of aliphatic imine (C=N–C) groups is 1. The Kier molecular flexibility index (Phi) is 4.26. The molecule has 25 heavy (non-hydrogen) atoms. The van der Waals surface area contributed by atoms with E-state index in [9.17, 15) is 4.79 Å². The molecule has 2 heterocycles. The molecule has 1 aliphatic heterocycles. The van der Waals surface area contributed by atoms with Gasteiger partial charge < -0.3 is 0 Å². The van der Waals surface area contributed by atoms with Crippen molar-refractivity contribution < 1.29 is 0 Å². The Labute approximate surface area is 150 Å². The highest BCUT2D eigenvalue weighted by Gasteiger charge is 2.32. The number of nitrogens with one attached hydrogen (secondary N) is 1. The van der Waals surface area contributed by atoms with Gasteiger partial charge in [0.25, 0.3) is 5.56 Å². The highest BCUT2D eigenvalue weighted by molar-refractivity contribution is 8.14. The molecule has 2 aromatic rings. The van der Waals surface area contributed by atoms with Gasteiger partial charge in [-0.1, -0.05) is 43.2 Å². The topological polar surface area (TPSA) is 73.9 Å². The molecule has 1 saturated carbocycles. The van der Waals surface area contributed by atoms with E-state index in [0.717, 1.165) is 34.8 Å². The molecule has 1 atom stereocenters. The number of aromatic amines is 1. The molecule has 1 aliphatic carbocycles. The first-order valence-corrected chi connectivity index (χ1v) is 9.62. The maximum absolute atomic E-state index is 12.7. The van der Waals surface area contributed by atoms with E-state index in [1.807, 2.05) is 35.9 Å². The zero-order chi connectivity index (χ0) is 17.4. The molecule has 1 unspecified atom stereocenters. The smallest absolute Gasteiger partial charge is 0.268 e. The van der Waals surface area contributed by atoms with Gasteiger partial charge in [-0.3, -0.25) is 14.6 Å². The quantitative estimate of drug-likeness (QED) is 0.868. The van der Waals surface area contributed by atoms with Gasteiger partial charge in [0.05, 0.1) is 33.5 Å². The van der Waals surface area contributed by atoms with E-state index < -0.39 is 0 Å². The van der Waals surface area contributed by atoms with Crippen LogP contribution in [0.25, 0.3) is 0 Å². The molecule has 1 fully saturated rings. The third-order valence-corrected chi connectivity index (χ3v) is 6.21. The summed E-state index contributed by atoms with van der Waals surface area (Å²) in [4.78, 5) is 17.4. The van der Waals surface area contributed by atoms with Crippen LogP contribution in [0.4, 0.5) is 5.82 Å².